The number of para-hydroxylation sites is 2. The zero-order valence-electron chi connectivity index (χ0n) is 19.6. The van der Waals surface area contributed by atoms with E-state index in [1.807, 2.05) is 53.8 Å². The molecule has 2 heterocycles. The van der Waals surface area contributed by atoms with Crippen molar-refractivity contribution >= 4 is 5.91 Å². The van der Waals surface area contributed by atoms with Gasteiger partial charge in [-0.05, 0) is 18.1 Å². The Kier molecular flexibility index (Phi) is 7.55. The molecule has 0 fully saturated rings. The fourth-order valence-electron chi connectivity index (χ4n) is 4.23. The number of carbonyl (C=O) groups excluding carboxylic acids is 1. The Hall–Kier alpha value is -2.60. The molecule has 6 heteroatoms. The molecule has 0 unspecified atom stereocenters. The lowest BCUT2D eigenvalue weighted by Crippen LogP contribution is -2.37. The Morgan fingerprint density at radius 2 is 2.03 bits per heavy atom. The van der Waals surface area contributed by atoms with Gasteiger partial charge in [0, 0.05) is 44.1 Å². The van der Waals surface area contributed by atoms with Crippen LogP contribution in [0.2, 0.25) is 0 Å². The predicted octanol–water partition coefficient (Wildman–Crippen LogP) is 4.07. The molecule has 6 nitrogen and oxygen atoms in total. The number of ether oxygens (including phenoxy) is 1. The second-order valence-electron chi connectivity index (χ2n) is 9.00. The van der Waals surface area contributed by atoms with Crippen molar-refractivity contribution in [1.82, 2.24) is 19.6 Å². The standard InChI is InChI=1S/C25H36N4O2/c1-7-13-27-14-12-22-20(16-27)21(17-28(15-18(2)3)25(30)19(4)5)26-29(22)23-10-8-9-11-24(23)31-6/h7-11,18-19H,1,12-17H2,2-6H3. The van der Waals surface area contributed by atoms with E-state index in [2.05, 4.69) is 25.3 Å². The normalized spacial score (nSPS) is 14.0. The average Bonchev–Trinajstić information content (AvgIpc) is 3.10. The van der Waals surface area contributed by atoms with Crippen LogP contribution in [0.25, 0.3) is 5.69 Å². The smallest absolute Gasteiger partial charge is 0.225 e. The summed E-state index contributed by atoms with van der Waals surface area (Å²) in [7, 11) is 1.69. The number of hydrogen-bond acceptors (Lipinski definition) is 4. The monoisotopic (exact) mass is 424 g/mol. The SMILES string of the molecule is C=CCN1CCc2c(c(CN(CC(C)C)C(=O)C(C)C)nn2-c2ccccc2OC)C1. The van der Waals surface area contributed by atoms with Crippen LogP contribution in [0.4, 0.5) is 0 Å². The Morgan fingerprint density at radius 3 is 2.68 bits per heavy atom. The zero-order valence-corrected chi connectivity index (χ0v) is 19.6. The number of aromatic nitrogens is 2. The molecule has 0 atom stereocenters. The van der Waals surface area contributed by atoms with Crippen molar-refractivity contribution in [3.8, 4) is 11.4 Å². The van der Waals surface area contributed by atoms with Crippen LogP contribution in [-0.2, 0) is 24.3 Å². The molecule has 0 N–H and O–H groups in total. The lowest BCUT2D eigenvalue weighted by Gasteiger charge is -2.28. The largest absolute Gasteiger partial charge is 0.494 e. The van der Waals surface area contributed by atoms with Gasteiger partial charge in [-0.1, -0.05) is 45.9 Å². The Bertz CT molecular complexity index is 916. The van der Waals surface area contributed by atoms with E-state index in [1.54, 1.807) is 7.11 Å². The third-order valence-corrected chi connectivity index (χ3v) is 5.65. The number of methoxy groups -OCH3 is 1. The zero-order chi connectivity index (χ0) is 22.5. The lowest BCUT2D eigenvalue weighted by molar-refractivity contribution is -0.135. The Labute approximate surface area is 186 Å². The predicted molar refractivity (Wildman–Crippen MR) is 124 cm³/mol. The van der Waals surface area contributed by atoms with Crippen molar-refractivity contribution in [3.63, 3.8) is 0 Å². The van der Waals surface area contributed by atoms with E-state index in [0.29, 0.717) is 12.5 Å². The number of carbonyl (C=O) groups is 1. The average molecular weight is 425 g/mol. The van der Waals surface area contributed by atoms with Crippen molar-refractivity contribution in [3.05, 3.63) is 53.9 Å². The molecule has 0 aliphatic carbocycles. The van der Waals surface area contributed by atoms with E-state index < -0.39 is 0 Å². The number of nitrogens with zero attached hydrogens (tertiary/aromatic N) is 4. The van der Waals surface area contributed by atoms with Crippen LogP contribution in [0.15, 0.2) is 36.9 Å². The van der Waals surface area contributed by atoms with Crippen LogP contribution in [0.5, 0.6) is 5.75 Å². The van der Waals surface area contributed by atoms with Crippen LogP contribution in [0.1, 0.15) is 44.6 Å². The quantitative estimate of drug-likeness (QED) is 0.570. The molecule has 0 saturated carbocycles. The highest BCUT2D eigenvalue weighted by molar-refractivity contribution is 5.78. The van der Waals surface area contributed by atoms with Crippen molar-refractivity contribution in [1.29, 1.82) is 0 Å². The van der Waals surface area contributed by atoms with Gasteiger partial charge in [0.15, 0.2) is 0 Å². The molecule has 0 saturated heterocycles. The van der Waals surface area contributed by atoms with Gasteiger partial charge in [-0.15, -0.1) is 6.58 Å². The molecule has 1 aliphatic heterocycles. The molecule has 1 amide bonds. The second-order valence-corrected chi connectivity index (χ2v) is 9.00. The first-order chi connectivity index (χ1) is 14.8. The van der Waals surface area contributed by atoms with E-state index in [0.717, 1.165) is 49.7 Å². The van der Waals surface area contributed by atoms with Crippen molar-refractivity contribution in [2.24, 2.45) is 11.8 Å². The van der Waals surface area contributed by atoms with Crippen molar-refractivity contribution in [2.75, 3.05) is 26.7 Å². The molecule has 0 bridgehead atoms. The third kappa shape index (κ3) is 5.18. The van der Waals surface area contributed by atoms with Gasteiger partial charge >= 0.3 is 0 Å². The fraction of sp³-hybridized carbons (Fsp3) is 0.520. The third-order valence-electron chi connectivity index (χ3n) is 5.65. The molecule has 2 aromatic rings. The summed E-state index contributed by atoms with van der Waals surface area (Å²) in [4.78, 5) is 17.3. The lowest BCUT2D eigenvalue weighted by atomic mass is 10.0. The summed E-state index contributed by atoms with van der Waals surface area (Å²) >= 11 is 0. The Balaban J connectivity index is 2.05. The Morgan fingerprint density at radius 1 is 1.29 bits per heavy atom. The van der Waals surface area contributed by atoms with E-state index >= 15 is 0 Å². The summed E-state index contributed by atoms with van der Waals surface area (Å²) in [6.07, 6.45) is 2.85. The summed E-state index contributed by atoms with van der Waals surface area (Å²) in [6.45, 7) is 16.0. The maximum atomic E-state index is 12.9. The van der Waals surface area contributed by atoms with Gasteiger partial charge in [-0.25, -0.2) is 4.68 Å². The van der Waals surface area contributed by atoms with Crippen LogP contribution in [0.3, 0.4) is 0 Å². The van der Waals surface area contributed by atoms with E-state index in [1.165, 1.54) is 11.3 Å². The van der Waals surface area contributed by atoms with Crippen LogP contribution in [0, 0.1) is 11.8 Å². The first-order valence-corrected chi connectivity index (χ1v) is 11.2. The molecule has 1 aromatic carbocycles. The van der Waals surface area contributed by atoms with Gasteiger partial charge in [0.05, 0.1) is 25.0 Å². The van der Waals surface area contributed by atoms with Gasteiger partial charge in [0.2, 0.25) is 5.91 Å². The summed E-state index contributed by atoms with van der Waals surface area (Å²) in [5.74, 6) is 1.33. The number of hydrogen-bond donors (Lipinski definition) is 0. The fourth-order valence-corrected chi connectivity index (χ4v) is 4.23. The topological polar surface area (TPSA) is 50.6 Å². The summed E-state index contributed by atoms with van der Waals surface area (Å²) in [6, 6.07) is 7.98. The van der Waals surface area contributed by atoms with E-state index in [-0.39, 0.29) is 11.8 Å². The van der Waals surface area contributed by atoms with Gasteiger partial charge in [-0.3, -0.25) is 9.69 Å². The van der Waals surface area contributed by atoms with Crippen molar-refractivity contribution < 1.29 is 9.53 Å². The maximum Gasteiger partial charge on any atom is 0.225 e. The molecule has 1 aromatic heterocycles. The van der Waals surface area contributed by atoms with E-state index in [9.17, 15) is 4.79 Å². The van der Waals surface area contributed by atoms with Crippen molar-refractivity contribution in [2.45, 2.75) is 47.2 Å². The van der Waals surface area contributed by atoms with Crippen LogP contribution >= 0.6 is 0 Å². The summed E-state index contributed by atoms with van der Waals surface area (Å²) in [5, 5.41) is 5.04. The minimum Gasteiger partial charge on any atom is -0.494 e. The second kappa shape index (κ2) is 10.1. The summed E-state index contributed by atoms with van der Waals surface area (Å²) in [5.41, 5.74) is 4.35. The first kappa shape index (κ1) is 23.1. The van der Waals surface area contributed by atoms with Gasteiger partial charge in [0.25, 0.3) is 0 Å². The molecule has 1 aliphatic rings. The molecule has 31 heavy (non-hydrogen) atoms. The molecule has 0 spiro atoms. The summed E-state index contributed by atoms with van der Waals surface area (Å²) < 4.78 is 7.64. The molecular formula is C25H36N4O2. The minimum absolute atomic E-state index is 0.0388. The highest BCUT2D eigenvalue weighted by atomic mass is 16.5. The number of fused-ring (bicyclic) bond motifs is 1. The van der Waals surface area contributed by atoms with Gasteiger partial charge in [-0.2, -0.15) is 5.10 Å². The number of amides is 1. The molecule has 0 radical (unpaired) electrons. The van der Waals surface area contributed by atoms with Crippen LogP contribution in [-0.4, -0.2) is 52.2 Å². The number of rotatable bonds is 9. The molecule has 168 valence electrons. The maximum absolute atomic E-state index is 12.9. The minimum atomic E-state index is -0.0388. The number of benzene rings is 1. The van der Waals surface area contributed by atoms with Gasteiger partial charge in [0.1, 0.15) is 11.4 Å². The van der Waals surface area contributed by atoms with Crippen LogP contribution < -0.4 is 4.74 Å². The van der Waals surface area contributed by atoms with E-state index in [4.69, 9.17) is 9.84 Å². The first-order valence-electron chi connectivity index (χ1n) is 11.2. The highest BCUT2D eigenvalue weighted by Gasteiger charge is 2.28. The molecule has 3 rings (SSSR count). The van der Waals surface area contributed by atoms with Gasteiger partial charge < -0.3 is 9.64 Å². The molecular weight excluding hydrogens is 388 g/mol. The highest BCUT2D eigenvalue weighted by Crippen LogP contribution is 2.30.